The molecule has 1 amide bonds. The monoisotopic (exact) mass is 494 g/mol. The lowest BCUT2D eigenvalue weighted by molar-refractivity contribution is -0.118. The number of imidazole rings is 1. The fourth-order valence-electron chi connectivity index (χ4n) is 3.16. The fourth-order valence-corrected chi connectivity index (χ4v) is 4.27. The zero-order chi connectivity index (χ0) is 23.0. The molecule has 0 atom stereocenters. The number of halogens is 2. The number of amides is 1. The molecule has 0 saturated heterocycles. The third-order valence-electron chi connectivity index (χ3n) is 4.69. The van der Waals surface area contributed by atoms with E-state index in [1.54, 1.807) is 6.08 Å². The minimum Gasteiger partial charge on any atom is -0.314 e. The highest BCUT2D eigenvalue weighted by Crippen LogP contribution is 2.25. The topological polar surface area (TPSA) is 59.3 Å². The van der Waals surface area contributed by atoms with Crippen molar-refractivity contribution in [3.05, 3.63) is 100 Å². The molecular weight excluding hydrogens is 475 g/mol. The Kier molecular flexibility index (Phi) is 7.83. The van der Waals surface area contributed by atoms with Gasteiger partial charge in [-0.25, -0.2) is 10.4 Å². The predicted molar refractivity (Wildman–Crippen MR) is 138 cm³/mol. The molecule has 0 fully saturated rings. The van der Waals surface area contributed by atoms with Gasteiger partial charge in [0.15, 0.2) is 5.16 Å². The van der Waals surface area contributed by atoms with E-state index in [9.17, 15) is 4.79 Å². The lowest BCUT2D eigenvalue weighted by atomic mass is 10.2. The smallest absolute Gasteiger partial charge is 0.250 e. The average molecular weight is 495 g/mol. The number of hydrogen-bond acceptors (Lipinski definition) is 4. The molecule has 4 aromatic rings. The Labute approximate surface area is 206 Å². The van der Waals surface area contributed by atoms with E-state index in [2.05, 4.69) is 15.1 Å². The third kappa shape index (κ3) is 6.48. The summed E-state index contributed by atoms with van der Waals surface area (Å²) >= 11 is 13.5. The maximum absolute atomic E-state index is 12.3. The number of fused-ring (bicyclic) bond motifs is 1. The third-order valence-corrected chi connectivity index (χ3v) is 6.12. The zero-order valence-electron chi connectivity index (χ0n) is 17.5. The molecule has 0 unspecified atom stereocenters. The maximum Gasteiger partial charge on any atom is 0.250 e. The molecular formula is C25H20Cl2N4OS. The van der Waals surface area contributed by atoms with Crippen molar-refractivity contribution in [2.45, 2.75) is 11.7 Å². The van der Waals surface area contributed by atoms with Crippen molar-refractivity contribution in [3.8, 4) is 0 Å². The summed E-state index contributed by atoms with van der Waals surface area (Å²) in [4.78, 5) is 17.0. The lowest BCUT2D eigenvalue weighted by Gasteiger charge is -2.09. The molecule has 8 heteroatoms. The quantitative estimate of drug-likeness (QED) is 0.180. The molecule has 0 saturated carbocycles. The van der Waals surface area contributed by atoms with Crippen LogP contribution in [-0.4, -0.2) is 27.4 Å². The zero-order valence-corrected chi connectivity index (χ0v) is 19.8. The fraction of sp³-hybridized carbons (Fsp3) is 0.0800. The minimum absolute atomic E-state index is 0.168. The van der Waals surface area contributed by atoms with Gasteiger partial charge in [-0.1, -0.05) is 89.6 Å². The van der Waals surface area contributed by atoms with Crippen molar-refractivity contribution in [3.63, 3.8) is 0 Å². The molecule has 1 aromatic heterocycles. The number of para-hydroxylation sites is 2. The normalized spacial score (nSPS) is 11.9. The van der Waals surface area contributed by atoms with E-state index < -0.39 is 0 Å². The highest BCUT2D eigenvalue weighted by molar-refractivity contribution is 7.99. The van der Waals surface area contributed by atoms with Crippen LogP contribution in [0.4, 0.5) is 0 Å². The molecule has 33 heavy (non-hydrogen) atoms. The van der Waals surface area contributed by atoms with Crippen molar-refractivity contribution in [2.24, 2.45) is 5.10 Å². The van der Waals surface area contributed by atoms with Gasteiger partial charge in [-0.15, -0.1) is 0 Å². The first-order valence-electron chi connectivity index (χ1n) is 10.1. The van der Waals surface area contributed by atoms with Crippen LogP contribution in [-0.2, 0) is 11.3 Å². The van der Waals surface area contributed by atoms with Crippen LogP contribution in [0.1, 0.15) is 11.1 Å². The second-order valence-electron chi connectivity index (χ2n) is 7.12. The standard InChI is InChI=1S/C25H20Cl2N4OS/c26-20-12-10-19(11-13-20)16-31-23-9-5-4-8-22(23)29-25(31)33-17-24(32)30-28-15-21(27)14-18-6-2-1-3-7-18/h1-15H,16-17H2,(H,30,32)/b21-14+,28-15-. The molecule has 1 heterocycles. The van der Waals surface area contributed by atoms with E-state index in [0.29, 0.717) is 16.6 Å². The summed E-state index contributed by atoms with van der Waals surface area (Å²) in [7, 11) is 0. The van der Waals surface area contributed by atoms with Crippen molar-refractivity contribution >= 4 is 64.2 Å². The van der Waals surface area contributed by atoms with Crippen LogP contribution in [0.5, 0.6) is 0 Å². The number of carbonyl (C=O) groups is 1. The van der Waals surface area contributed by atoms with Gasteiger partial charge in [0, 0.05) is 5.02 Å². The number of nitrogens with one attached hydrogen (secondary N) is 1. The number of thioether (sulfide) groups is 1. The van der Waals surface area contributed by atoms with Gasteiger partial charge in [0.25, 0.3) is 5.91 Å². The molecule has 4 rings (SSSR count). The number of aromatic nitrogens is 2. The Morgan fingerprint density at radius 1 is 1.03 bits per heavy atom. The van der Waals surface area contributed by atoms with E-state index in [-0.39, 0.29) is 11.7 Å². The first-order valence-corrected chi connectivity index (χ1v) is 11.9. The molecule has 0 radical (unpaired) electrons. The lowest BCUT2D eigenvalue weighted by Crippen LogP contribution is -2.20. The number of rotatable bonds is 8. The average Bonchev–Trinajstić information content (AvgIpc) is 3.17. The van der Waals surface area contributed by atoms with Crippen molar-refractivity contribution < 1.29 is 4.79 Å². The van der Waals surface area contributed by atoms with Crippen molar-refractivity contribution in [1.82, 2.24) is 15.0 Å². The van der Waals surface area contributed by atoms with E-state index in [0.717, 1.165) is 27.3 Å². The van der Waals surface area contributed by atoms with Gasteiger partial charge in [0.1, 0.15) is 0 Å². The highest BCUT2D eigenvalue weighted by Gasteiger charge is 2.13. The first-order chi connectivity index (χ1) is 16.1. The van der Waals surface area contributed by atoms with Crippen LogP contribution in [0.3, 0.4) is 0 Å². The number of carbonyl (C=O) groups excluding carboxylic acids is 1. The largest absolute Gasteiger partial charge is 0.314 e. The molecule has 3 aromatic carbocycles. The number of hydrazone groups is 1. The van der Waals surface area contributed by atoms with Gasteiger partial charge in [-0.05, 0) is 41.5 Å². The van der Waals surface area contributed by atoms with Gasteiger partial charge in [-0.2, -0.15) is 5.10 Å². The molecule has 5 nitrogen and oxygen atoms in total. The molecule has 166 valence electrons. The molecule has 0 aliphatic carbocycles. The molecule has 0 aliphatic heterocycles. The Balaban J connectivity index is 1.40. The second kappa shape index (κ2) is 11.2. The van der Waals surface area contributed by atoms with Crippen LogP contribution in [0.25, 0.3) is 17.1 Å². The summed E-state index contributed by atoms with van der Waals surface area (Å²) in [6.07, 6.45) is 3.18. The second-order valence-corrected chi connectivity index (χ2v) is 8.93. The van der Waals surface area contributed by atoms with Crippen LogP contribution in [0, 0.1) is 0 Å². The number of allylic oxidation sites excluding steroid dienone is 1. The molecule has 0 spiro atoms. The van der Waals surface area contributed by atoms with Gasteiger partial charge >= 0.3 is 0 Å². The summed E-state index contributed by atoms with van der Waals surface area (Å²) < 4.78 is 2.10. The Hall–Kier alpha value is -3.06. The predicted octanol–water partition coefficient (Wildman–Crippen LogP) is 6.21. The highest BCUT2D eigenvalue weighted by atomic mass is 35.5. The van der Waals surface area contributed by atoms with Gasteiger partial charge in [0.05, 0.1) is 34.6 Å². The maximum atomic E-state index is 12.3. The Bertz CT molecular complexity index is 1300. The molecule has 1 N–H and O–H groups in total. The molecule has 0 aliphatic rings. The van der Waals surface area contributed by atoms with Crippen LogP contribution in [0.15, 0.2) is 94.2 Å². The minimum atomic E-state index is -0.245. The number of hydrogen-bond donors (Lipinski definition) is 1. The van der Waals surface area contributed by atoms with E-state index in [1.165, 1.54) is 18.0 Å². The van der Waals surface area contributed by atoms with E-state index in [1.807, 2.05) is 78.9 Å². The van der Waals surface area contributed by atoms with Crippen LogP contribution < -0.4 is 5.43 Å². The summed E-state index contributed by atoms with van der Waals surface area (Å²) in [5, 5.41) is 5.81. The summed E-state index contributed by atoms with van der Waals surface area (Å²) in [6, 6.07) is 25.3. The summed E-state index contributed by atoms with van der Waals surface area (Å²) in [6.45, 7) is 0.625. The molecule has 0 bridgehead atoms. The summed E-state index contributed by atoms with van der Waals surface area (Å²) in [5.41, 5.74) is 6.45. The van der Waals surface area contributed by atoms with E-state index in [4.69, 9.17) is 28.2 Å². The Morgan fingerprint density at radius 3 is 2.55 bits per heavy atom. The number of nitrogens with zero attached hydrogens (tertiary/aromatic N) is 3. The van der Waals surface area contributed by atoms with Crippen molar-refractivity contribution in [1.29, 1.82) is 0 Å². The Morgan fingerprint density at radius 2 is 1.76 bits per heavy atom. The van der Waals surface area contributed by atoms with Crippen LogP contribution in [0.2, 0.25) is 5.02 Å². The van der Waals surface area contributed by atoms with Gasteiger partial charge in [-0.3, -0.25) is 4.79 Å². The SMILES string of the molecule is O=C(CSc1nc2ccccc2n1Cc1ccc(Cl)cc1)N/N=C\C(Cl)=C/c1ccccc1. The van der Waals surface area contributed by atoms with Crippen molar-refractivity contribution in [2.75, 3.05) is 5.75 Å². The number of benzene rings is 3. The van der Waals surface area contributed by atoms with Crippen LogP contribution >= 0.6 is 35.0 Å². The summed E-state index contributed by atoms with van der Waals surface area (Å²) in [5.74, 6) is -0.0769. The van der Waals surface area contributed by atoms with E-state index >= 15 is 0 Å². The first kappa shape index (κ1) is 23.1. The van der Waals surface area contributed by atoms with Gasteiger partial charge < -0.3 is 4.57 Å². The van der Waals surface area contributed by atoms with Gasteiger partial charge in [0.2, 0.25) is 0 Å².